The third-order valence-corrected chi connectivity index (χ3v) is 6.96. The molecule has 0 unspecified atom stereocenters. The average molecular weight is 300 g/mol. The Morgan fingerprint density at radius 1 is 1.06 bits per heavy atom. The first-order valence-electron chi connectivity index (χ1n) is 5.69. The van der Waals surface area contributed by atoms with Crippen LogP contribution in [0.5, 0.6) is 0 Å². The van der Waals surface area contributed by atoms with E-state index >= 15 is 0 Å². The molecule has 1 aromatic carbocycles. The molecule has 2 aliphatic rings. The fraction of sp³-hybridized carbons (Fsp3) is 0.500. The van der Waals surface area contributed by atoms with E-state index in [1.54, 1.807) is 0 Å². The van der Waals surface area contributed by atoms with Crippen molar-refractivity contribution < 1.29 is 4.21 Å². The topological polar surface area (TPSA) is 29.4 Å². The molecule has 0 atom stereocenters. The number of rotatable bonds is 3. The SMILES string of the molecule is O=S(=Nc1ccc(Br)cc1)(C1CC1)C1CC1. The Morgan fingerprint density at radius 3 is 2.00 bits per heavy atom. The molecule has 2 fully saturated rings. The van der Waals surface area contributed by atoms with Crippen LogP contribution in [0.1, 0.15) is 25.7 Å². The van der Waals surface area contributed by atoms with Crippen LogP contribution in [0.15, 0.2) is 33.1 Å². The van der Waals surface area contributed by atoms with E-state index in [9.17, 15) is 4.21 Å². The van der Waals surface area contributed by atoms with Gasteiger partial charge in [0.05, 0.1) is 15.4 Å². The standard InChI is InChI=1S/C12H14BrNOS/c13-9-1-3-10(4-2-9)14-16(15,11-5-6-11)12-7-8-12/h1-4,11-12H,5-8H2. The Morgan fingerprint density at radius 2 is 1.56 bits per heavy atom. The molecule has 0 amide bonds. The van der Waals surface area contributed by atoms with Crippen LogP contribution >= 0.6 is 15.9 Å². The number of nitrogens with zero attached hydrogens (tertiary/aromatic N) is 1. The average Bonchev–Trinajstić information content (AvgIpc) is 3.14. The van der Waals surface area contributed by atoms with Crippen molar-refractivity contribution in [1.82, 2.24) is 0 Å². The maximum absolute atomic E-state index is 12.8. The highest BCUT2D eigenvalue weighted by Crippen LogP contribution is 2.43. The molecular weight excluding hydrogens is 286 g/mol. The first kappa shape index (κ1) is 10.8. The van der Waals surface area contributed by atoms with Gasteiger partial charge in [-0.1, -0.05) is 15.9 Å². The van der Waals surface area contributed by atoms with Crippen LogP contribution in [0.25, 0.3) is 0 Å². The maximum atomic E-state index is 12.8. The predicted molar refractivity (Wildman–Crippen MR) is 70.4 cm³/mol. The molecule has 0 N–H and O–H groups in total. The van der Waals surface area contributed by atoms with Crippen LogP contribution in [0, 0.1) is 0 Å². The van der Waals surface area contributed by atoms with Crippen molar-refractivity contribution in [2.24, 2.45) is 4.36 Å². The summed E-state index contributed by atoms with van der Waals surface area (Å²) < 4.78 is 18.4. The van der Waals surface area contributed by atoms with E-state index in [0.29, 0.717) is 10.5 Å². The molecule has 0 radical (unpaired) electrons. The molecule has 3 rings (SSSR count). The number of hydrogen-bond donors (Lipinski definition) is 0. The van der Waals surface area contributed by atoms with Crippen molar-refractivity contribution in [2.75, 3.05) is 0 Å². The molecule has 0 saturated heterocycles. The zero-order valence-electron chi connectivity index (χ0n) is 8.93. The Bertz CT molecular complexity index is 490. The van der Waals surface area contributed by atoms with E-state index in [4.69, 9.17) is 0 Å². The summed E-state index contributed by atoms with van der Waals surface area (Å²) in [6, 6.07) is 7.79. The highest BCUT2D eigenvalue weighted by atomic mass is 79.9. The van der Waals surface area contributed by atoms with E-state index in [2.05, 4.69) is 20.3 Å². The second-order valence-electron chi connectivity index (χ2n) is 4.58. The van der Waals surface area contributed by atoms with Gasteiger partial charge in [0.1, 0.15) is 0 Å². The van der Waals surface area contributed by atoms with Crippen LogP contribution in [0.2, 0.25) is 0 Å². The highest BCUT2D eigenvalue weighted by Gasteiger charge is 2.44. The minimum atomic E-state index is -1.96. The quantitative estimate of drug-likeness (QED) is 0.833. The summed E-state index contributed by atoms with van der Waals surface area (Å²) in [5, 5.41) is 0.757. The fourth-order valence-corrected chi connectivity index (χ4v) is 5.08. The summed E-state index contributed by atoms with van der Waals surface area (Å²) in [7, 11) is -1.96. The van der Waals surface area contributed by atoms with Crippen molar-refractivity contribution in [3.05, 3.63) is 28.7 Å². The molecule has 0 aliphatic heterocycles. The lowest BCUT2D eigenvalue weighted by molar-refractivity contribution is 0.675. The van der Waals surface area contributed by atoms with Crippen molar-refractivity contribution in [3.63, 3.8) is 0 Å². The number of hydrogen-bond acceptors (Lipinski definition) is 2. The maximum Gasteiger partial charge on any atom is 0.0731 e. The summed E-state index contributed by atoms with van der Waals surface area (Å²) in [6.07, 6.45) is 4.43. The molecule has 2 nitrogen and oxygen atoms in total. The number of benzene rings is 1. The summed E-state index contributed by atoms with van der Waals surface area (Å²) in [6.45, 7) is 0. The van der Waals surface area contributed by atoms with E-state index < -0.39 is 9.73 Å². The van der Waals surface area contributed by atoms with Crippen molar-refractivity contribution in [3.8, 4) is 0 Å². The second kappa shape index (κ2) is 3.84. The van der Waals surface area contributed by atoms with E-state index in [1.807, 2.05) is 24.3 Å². The fourth-order valence-electron chi connectivity index (χ4n) is 1.90. The van der Waals surface area contributed by atoms with Gasteiger partial charge in [-0.25, -0.2) is 4.21 Å². The van der Waals surface area contributed by atoms with Crippen LogP contribution in [-0.4, -0.2) is 14.7 Å². The van der Waals surface area contributed by atoms with Crippen molar-refractivity contribution >= 4 is 31.3 Å². The van der Waals surface area contributed by atoms with Gasteiger partial charge in [-0.05, 0) is 49.9 Å². The lowest BCUT2D eigenvalue weighted by atomic mass is 10.3. The van der Waals surface area contributed by atoms with Gasteiger partial charge >= 0.3 is 0 Å². The van der Waals surface area contributed by atoms with Crippen LogP contribution in [0.3, 0.4) is 0 Å². The van der Waals surface area contributed by atoms with Gasteiger partial charge in [-0.3, -0.25) is 0 Å². The zero-order valence-corrected chi connectivity index (χ0v) is 11.3. The van der Waals surface area contributed by atoms with E-state index in [0.717, 1.165) is 35.8 Å². The molecule has 2 aliphatic carbocycles. The second-order valence-corrected chi connectivity index (χ2v) is 8.24. The Kier molecular flexibility index (Phi) is 2.59. The minimum Gasteiger partial charge on any atom is -0.249 e. The molecule has 16 heavy (non-hydrogen) atoms. The molecule has 86 valence electrons. The van der Waals surface area contributed by atoms with Gasteiger partial charge in [0.25, 0.3) is 0 Å². The molecule has 4 heteroatoms. The first-order valence-corrected chi connectivity index (χ1v) is 8.12. The molecule has 0 aromatic heterocycles. The van der Waals surface area contributed by atoms with Crippen molar-refractivity contribution in [1.29, 1.82) is 0 Å². The molecule has 0 spiro atoms. The van der Waals surface area contributed by atoms with Crippen molar-refractivity contribution in [2.45, 2.75) is 36.2 Å². The first-order chi connectivity index (χ1) is 7.68. The number of halogens is 1. The minimum absolute atomic E-state index is 0.378. The summed E-state index contributed by atoms with van der Waals surface area (Å²) in [5.41, 5.74) is 0.868. The van der Waals surface area contributed by atoms with Gasteiger partial charge in [-0.2, -0.15) is 4.36 Å². The lowest BCUT2D eigenvalue weighted by Gasteiger charge is -2.07. The van der Waals surface area contributed by atoms with Crippen LogP contribution < -0.4 is 0 Å². The molecule has 2 saturated carbocycles. The van der Waals surface area contributed by atoms with Gasteiger partial charge in [0.2, 0.25) is 0 Å². The Hall–Kier alpha value is -0.350. The van der Waals surface area contributed by atoms with Gasteiger partial charge in [0, 0.05) is 15.0 Å². The summed E-state index contributed by atoms with van der Waals surface area (Å²) in [4.78, 5) is 0. The van der Waals surface area contributed by atoms with Crippen LogP contribution in [-0.2, 0) is 9.73 Å². The van der Waals surface area contributed by atoms with Gasteiger partial charge in [-0.15, -0.1) is 0 Å². The molecule has 0 heterocycles. The summed E-state index contributed by atoms with van der Waals surface area (Å²) >= 11 is 3.39. The Balaban J connectivity index is 1.99. The predicted octanol–water partition coefficient (Wildman–Crippen LogP) is 3.87. The zero-order chi connectivity index (χ0) is 11.2. The van der Waals surface area contributed by atoms with Crippen LogP contribution in [0.4, 0.5) is 5.69 Å². The molecular formula is C12H14BrNOS. The third kappa shape index (κ3) is 2.05. The largest absolute Gasteiger partial charge is 0.249 e. The molecule has 0 bridgehead atoms. The van der Waals surface area contributed by atoms with Gasteiger partial charge in [0.15, 0.2) is 0 Å². The normalized spacial score (nSPS) is 20.8. The smallest absolute Gasteiger partial charge is 0.0731 e. The van der Waals surface area contributed by atoms with Gasteiger partial charge < -0.3 is 0 Å². The summed E-state index contributed by atoms with van der Waals surface area (Å²) in [5.74, 6) is 0. The monoisotopic (exact) mass is 299 g/mol. The third-order valence-electron chi connectivity index (χ3n) is 3.08. The molecule has 1 aromatic rings. The lowest BCUT2D eigenvalue weighted by Crippen LogP contribution is -2.11. The van der Waals surface area contributed by atoms with E-state index in [1.165, 1.54) is 0 Å². The highest BCUT2D eigenvalue weighted by molar-refractivity contribution is 9.10. The Labute approximate surface area is 105 Å². The van der Waals surface area contributed by atoms with E-state index in [-0.39, 0.29) is 0 Å².